The van der Waals surface area contributed by atoms with Gasteiger partial charge >= 0.3 is 0 Å². The van der Waals surface area contributed by atoms with Gasteiger partial charge in [-0.2, -0.15) is 0 Å². The highest BCUT2D eigenvalue weighted by Gasteiger charge is 2.23. The van der Waals surface area contributed by atoms with Gasteiger partial charge in [0, 0.05) is 11.6 Å². The van der Waals surface area contributed by atoms with Gasteiger partial charge in [-0.15, -0.1) is 0 Å². The van der Waals surface area contributed by atoms with Crippen LogP contribution in [0.4, 0.5) is 11.6 Å². The number of nitrogens with two attached hydrogens (primary N) is 1. The zero-order valence-corrected chi connectivity index (χ0v) is 9.56. The van der Waals surface area contributed by atoms with E-state index in [0.717, 1.165) is 0 Å². The lowest BCUT2D eigenvalue weighted by molar-refractivity contribution is -0.384. The molecule has 0 saturated heterocycles. The van der Waals surface area contributed by atoms with Crippen molar-refractivity contribution in [3.8, 4) is 11.3 Å². The molecule has 0 spiro atoms. The van der Waals surface area contributed by atoms with Crippen LogP contribution in [0.15, 0.2) is 22.7 Å². The summed E-state index contributed by atoms with van der Waals surface area (Å²) >= 11 is 5.96. The second-order valence-electron chi connectivity index (χ2n) is 3.41. The predicted octanol–water partition coefficient (Wildman–Crippen LogP) is 2.79. The molecule has 0 unspecified atom stereocenters. The van der Waals surface area contributed by atoms with E-state index >= 15 is 0 Å². The lowest BCUT2D eigenvalue weighted by Crippen LogP contribution is -1.94. The summed E-state index contributed by atoms with van der Waals surface area (Å²) in [7, 11) is 0. The number of nitrogen functional groups attached to an aromatic ring is 1. The van der Waals surface area contributed by atoms with Crippen molar-refractivity contribution < 1.29 is 9.45 Å². The van der Waals surface area contributed by atoms with Gasteiger partial charge < -0.3 is 10.3 Å². The van der Waals surface area contributed by atoms with Crippen molar-refractivity contribution in [3.05, 3.63) is 38.9 Å². The quantitative estimate of drug-likeness (QED) is 0.656. The molecule has 0 amide bonds. The number of nitro groups is 1. The molecule has 0 fully saturated rings. The molecule has 7 heteroatoms. The standard InChI is InChI=1S/C10H8ClN3O3/c1-5-9(13-17-10(5)12)8-6(11)3-2-4-7(8)14(15)16/h2-4H,12H2,1H3. The van der Waals surface area contributed by atoms with E-state index in [2.05, 4.69) is 5.16 Å². The fraction of sp³-hybridized carbons (Fsp3) is 0.100. The van der Waals surface area contributed by atoms with Crippen molar-refractivity contribution in [2.75, 3.05) is 5.73 Å². The molecule has 88 valence electrons. The number of anilines is 1. The fourth-order valence-electron chi connectivity index (χ4n) is 1.48. The zero-order chi connectivity index (χ0) is 12.6. The van der Waals surface area contributed by atoms with Crippen molar-refractivity contribution in [2.45, 2.75) is 6.92 Å². The monoisotopic (exact) mass is 253 g/mol. The molecule has 0 radical (unpaired) electrons. The van der Waals surface area contributed by atoms with E-state index in [1.807, 2.05) is 0 Å². The zero-order valence-electron chi connectivity index (χ0n) is 8.81. The van der Waals surface area contributed by atoms with E-state index in [1.165, 1.54) is 12.1 Å². The summed E-state index contributed by atoms with van der Waals surface area (Å²) in [5.74, 6) is 0.120. The SMILES string of the molecule is Cc1c(-c2c(Cl)cccc2[N+](=O)[O-])noc1N. The molecule has 0 aliphatic heterocycles. The molecule has 0 saturated carbocycles. The maximum atomic E-state index is 10.9. The second-order valence-corrected chi connectivity index (χ2v) is 3.82. The Morgan fingerprint density at radius 2 is 2.24 bits per heavy atom. The first-order valence-electron chi connectivity index (χ1n) is 4.67. The van der Waals surface area contributed by atoms with Crippen LogP contribution >= 0.6 is 11.6 Å². The molecule has 2 rings (SSSR count). The van der Waals surface area contributed by atoms with Gasteiger partial charge in [-0.05, 0) is 13.0 Å². The van der Waals surface area contributed by atoms with Gasteiger partial charge in [0.2, 0.25) is 5.88 Å². The Bertz CT molecular complexity index is 594. The number of benzene rings is 1. The topological polar surface area (TPSA) is 95.2 Å². The Morgan fingerprint density at radius 3 is 2.76 bits per heavy atom. The minimum absolute atomic E-state index is 0.120. The van der Waals surface area contributed by atoms with E-state index in [0.29, 0.717) is 11.3 Å². The smallest absolute Gasteiger partial charge is 0.280 e. The summed E-state index contributed by atoms with van der Waals surface area (Å²) in [4.78, 5) is 10.4. The lowest BCUT2D eigenvalue weighted by atomic mass is 10.1. The average Bonchev–Trinajstić information content (AvgIpc) is 2.60. The van der Waals surface area contributed by atoms with Gasteiger partial charge in [-0.25, -0.2) is 0 Å². The van der Waals surface area contributed by atoms with Gasteiger partial charge in [0.05, 0.1) is 9.95 Å². The number of hydrogen-bond acceptors (Lipinski definition) is 5. The molecule has 1 heterocycles. The Kier molecular flexibility index (Phi) is 2.72. The summed E-state index contributed by atoms with van der Waals surface area (Å²) in [5, 5.41) is 14.9. The van der Waals surface area contributed by atoms with Crippen LogP contribution in [-0.4, -0.2) is 10.1 Å². The molecular formula is C10H8ClN3O3. The number of nitro benzene ring substituents is 1. The number of nitrogens with zero attached hydrogens (tertiary/aromatic N) is 2. The molecule has 0 aliphatic carbocycles. The summed E-state index contributed by atoms with van der Waals surface area (Å²) in [6, 6.07) is 4.41. The number of rotatable bonds is 2. The molecule has 0 aliphatic rings. The minimum Gasteiger partial charge on any atom is -0.367 e. The fourth-order valence-corrected chi connectivity index (χ4v) is 1.74. The summed E-state index contributed by atoms with van der Waals surface area (Å²) in [5.41, 5.74) is 6.42. The summed E-state index contributed by atoms with van der Waals surface area (Å²) < 4.78 is 4.79. The van der Waals surface area contributed by atoms with Crippen molar-refractivity contribution in [2.24, 2.45) is 0 Å². The van der Waals surface area contributed by atoms with Crippen LogP contribution < -0.4 is 5.73 Å². The normalized spacial score (nSPS) is 10.5. The van der Waals surface area contributed by atoms with Crippen LogP contribution in [0, 0.1) is 17.0 Å². The minimum atomic E-state index is -0.522. The van der Waals surface area contributed by atoms with Gasteiger partial charge in [0.1, 0.15) is 11.3 Å². The molecule has 1 aromatic heterocycles. The van der Waals surface area contributed by atoms with Gasteiger partial charge in [0.25, 0.3) is 5.69 Å². The number of halogens is 1. The Morgan fingerprint density at radius 1 is 1.53 bits per heavy atom. The average molecular weight is 254 g/mol. The largest absolute Gasteiger partial charge is 0.367 e. The first-order chi connectivity index (χ1) is 8.02. The third kappa shape index (κ3) is 1.83. The molecule has 2 aromatic rings. The van der Waals surface area contributed by atoms with Crippen LogP contribution in [0.25, 0.3) is 11.3 Å². The molecule has 0 bridgehead atoms. The second kappa shape index (κ2) is 4.06. The highest BCUT2D eigenvalue weighted by Crippen LogP contribution is 2.38. The molecule has 0 atom stereocenters. The van der Waals surface area contributed by atoms with Crippen LogP contribution in [0.3, 0.4) is 0 Å². The van der Waals surface area contributed by atoms with E-state index < -0.39 is 4.92 Å². The Balaban J connectivity index is 2.74. The van der Waals surface area contributed by atoms with Gasteiger partial charge in [0.15, 0.2) is 0 Å². The summed E-state index contributed by atoms with van der Waals surface area (Å²) in [6.07, 6.45) is 0. The molecule has 2 N–H and O–H groups in total. The predicted molar refractivity (Wildman–Crippen MR) is 62.8 cm³/mol. The van der Waals surface area contributed by atoms with Crippen molar-refractivity contribution >= 4 is 23.2 Å². The first kappa shape index (κ1) is 11.4. The molecule has 6 nitrogen and oxygen atoms in total. The van der Waals surface area contributed by atoms with Gasteiger partial charge in [-0.1, -0.05) is 22.8 Å². The molecule has 17 heavy (non-hydrogen) atoms. The van der Waals surface area contributed by atoms with E-state index in [9.17, 15) is 10.1 Å². The van der Waals surface area contributed by atoms with Crippen LogP contribution in [0.2, 0.25) is 5.02 Å². The Hall–Kier alpha value is -2.08. The first-order valence-corrected chi connectivity index (χ1v) is 5.05. The van der Waals surface area contributed by atoms with Crippen LogP contribution in [-0.2, 0) is 0 Å². The lowest BCUT2D eigenvalue weighted by Gasteiger charge is -2.02. The number of aromatic nitrogens is 1. The van der Waals surface area contributed by atoms with Crippen LogP contribution in [0.1, 0.15) is 5.56 Å². The van der Waals surface area contributed by atoms with Crippen LogP contribution in [0.5, 0.6) is 0 Å². The van der Waals surface area contributed by atoms with E-state index in [-0.39, 0.29) is 22.2 Å². The van der Waals surface area contributed by atoms with Crippen molar-refractivity contribution in [1.82, 2.24) is 5.16 Å². The van der Waals surface area contributed by atoms with Crippen molar-refractivity contribution in [1.29, 1.82) is 0 Å². The van der Waals surface area contributed by atoms with E-state index in [4.69, 9.17) is 21.9 Å². The highest BCUT2D eigenvalue weighted by atomic mass is 35.5. The van der Waals surface area contributed by atoms with Crippen molar-refractivity contribution in [3.63, 3.8) is 0 Å². The molecule has 1 aromatic carbocycles. The highest BCUT2D eigenvalue weighted by molar-refractivity contribution is 6.33. The third-order valence-electron chi connectivity index (χ3n) is 2.39. The van der Waals surface area contributed by atoms with Gasteiger partial charge in [-0.3, -0.25) is 10.1 Å². The maximum absolute atomic E-state index is 10.9. The Labute approximate surface area is 101 Å². The molecular weight excluding hydrogens is 246 g/mol. The van der Waals surface area contributed by atoms with E-state index in [1.54, 1.807) is 13.0 Å². The summed E-state index contributed by atoms with van der Waals surface area (Å²) in [6.45, 7) is 1.66. The maximum Gasteiger partial charge on any atom is 0.280 e. The third-order valence-corrected chi connectivity index (χ3v) is 2.70. The number of hydrogen-bond donors (Lipinski definition) is 1.